The Balaban J connectivity index is 1.18. The first-order chi connectivity index (χ1) is 28.0. The second-order valence-electron chi connectivity index (χ2n) is 14.6. The van der Waals surface area contributed by atoms with Gasteiger partial charge in [0.05, 0.1) is 53.1 Å². The molecular weight excluding hydrogens is 792 g/mol. The molecule has 59 heavy (non-hydrogen) atoms. The number of piperidine rings is 1. The van der Waals surface area contributed by atoms with Gasteiger partial charge in [0.2, 0.25) is 11.7 Å². The average molecular weight is 828 g/mol. The molecule has 21 heteroatoms. The summed E-state index contributed by atoms with van der Waals surface area (Å²) in [5.41, 5.74) is -4.05. The second kappa shape index (κ2) is 15.0. The third-order valence-corrected chi connectivity index (χ3v) is 10.8. The lowest BCUT2D eigenvalue weighted by Gasteiger charge is -2.39. The Hall–Kier alpha value is -5.93. The highest BCUT2D eigenvalue weighted by Crippen LogP contribution is 2.48. The molecule has 2 fully saturated rings. The number of fused-ring (bicyclic) bond motifs is 3. The maximum atomic E-state index is 15.8. The van der Waals surface area contributed by atoms with Gasteiger partial charge in [-0.3, -0.25) is 19.3 Å². The van der Waals surface area contributed by atoms with Crippen LogP contribution in [0.4, 0.5) is 32.0 Å². The van der Waals surface area contributed by atoms with Crippen molar-refractivity contribution in [1.82, 2.24) is 38.9 Å². The van der Waals surface area contributed by atoms with Crippen LogP contribution in [0.5, 0.6) is 5.75 Å². The molecule has 3 aromatic heterocycles. The first-order valence-electron chi connectivity index (χ1n) is 18.5. The van der Waals surface area contributed by atoms with E-state index >= 15 is 8.78 Å². The van der Waals surface area contributed by atoms with Crippen LogP contribution in [0, 0.1) is 24.4 Å². The normalized spacial score (nSPS) is 18.1. The smallest absolute Gasteiger partial charge is 0.416 e. The number of alkyl halides is 3. The van der Waals surface area contributed by atoms with Crippen molar-refractivity contribution in [3.63, 3.8) is 0 Å². The number of aryl methyl sites for hydroxylation is 1. The number of aromatic nitrogens is 6. The Labute approximate surface area is 330 Å². The van der Waals surface area contributed by atoms with Crippen LogP contribution >= 0.6 is 0 Å². The zero-order chi connectivity index (χ0) is 42.0. The van der Waals surface area contributed by atoms with E-state index in [1.807, 2.05) is 4.90 Å². The quantitative estimate of drug-likeness (QED) is 0.222. The van der Waals surface area contributed by atoms with Crippen molar-refractivity contribution in [2.75, 3.05) is 44.7 Å². The number of nitrogens with zero attached hydrogens (tertiary/aromatic N) is 8. The lowest BCUT2D eigenvalue weighted by Crippen LogP contribution is -2.47. The van der Waals surface area contributed by atoms with Crippen LogP contribution in [0.2, 0.25) is 0 Å². The van der Waals surface area contributed by atoms with Gasteiger partial charge in [0.25, 0.3) is 11.5 Å². The molecular formula is C38H35F6N9O6. The van der Waals surface area contributed by atoms with Gasteiger partial charge in [-0.2, -0.15) is 22.7 Å². The summed E-state index contributed by atoms with van der Waals surface area (Å²) in [6.45, 7) is 4.52. The molecule has 0 radical (unpaired) electrons. The van der Waals surface area contributed by atoms with Gasteiger partial charge in [-0.05, 0) is 57.0 Å². The van der Waals surface area contributed by atoms with Crippen molar-refractivity contribution in [1.29, 1.82) is 0 Å². The number of hydrogen-bond acceptors (Lipinski definition) is 11. The van der Waals surface area contributed by atoms with Crippen LogP contribution in [0.1, 0.15) is 64.4 Å². The van der Waals surface area contributed by atoms with E-state index in [9.17, 15) is 37.1 Å². The number of rotatable bonds is 7. The van der Waals surface area contributed by atoms with Crippen LogP contribution in [-0.2, 0) is 39.1 Å². The molecule has 5 aromatic rings. The number of likely N-dealkylation sites (tertiary alicyclic amines) is 1. The molecule has 2 aromatic carbocycles. The lowest BCUT2D eigenvalue weighted by molar-refractivity contribution is -0.137. The Bertz CT molecular complexity index is 2570. The number of benzene rings is 2. The molecule has 0 bridgehead atoms. The highest BCUT2D eigenvalue weighted by atomic mass is 19.4. The minimum atomic E-state index is -4.84. The van der Waals surface area contributed by atoms with Gasteiger partial charge in [-0.25, -0.2) is 23.1 Å². The van der Waals surface area contributed by atoms with E-state index in [1.165, 1.54) is 16.4 Å². The first kappa shape index (κ1) is 39.9. The SMILES string of the molecule is Cc1ncnc(C(=O)N2CCC3(CC2)OC(C)c2c3c(=O)n3nc(-c4cc(F)c(CN5CCOCC5)cc4F)nc3n2CC(=O)Nc2ccc(C(F)(F)F)cc2F)c1O. The van der Waals surface area contributed by atoms with Crippen molar-refractivity contribution in [3.8, 4) is 17.1 Å². The maximum Gasteiger partial charge on any atom is 0.416 e. The number of carbonyl (C=O) groups excluding carboxylic acids is 2. The highest BCUT2D eigenvalue weighted by molar-refractivity contribution is 5.95. The summed E-state index contributed by atoms with van der Waals surface area (Å²) in [7, 11) is 0. The summed E-state index contributed by atoms with van der Waals surface area (Å²) in [4.78, 5) is 57.1. The van der Waals surface area contributed by atoms with Crippen molar-refractivity contribution >= 4 is 23.3 Å². The van der Waals surface area contributed by atoms with E-state index in [-0.39, 0.29) is 83.8 Å². The molecule has 310 valence electrons. The fraction of sp³-hybridized carbons (Fsp3) is 0.395. The molecule has 2 saturated heterocycles. The number of anilines is 1. The molecule has 2 N–H and O–H groups in total. The monoisotopic (exact) mass is 827 g/mol. The number of hydrogen-bond donors (Lipinski definition) is 2. The van der Waals surface area contributed by atoms with E-state index in [2.05, 4.69) is 25.4 Å². The summed E-state index contributed by atoms with van der Waals surface area (Å²) >= 11 is 0. The Morgan fingerprint density at radius 1 is 1.00 bits per heavy atom. The van der Waals surface area contributed by atoms with Crippen LogP contribution in [0.15, 0.2) is 41.5 Å². The number of nitrogens with one attached hydrogen (secondary N) is 1. The van der Waals surface area contributed by atoms with E-state index in [0.717, 1.165) is 29.0 Å². The van der Waals surface area contributed by atoms with Gasteiger partial charge in [0.15, 0.2) is 17.3 Å². The van der Waals surface area contributed by atoms with Crippen LogP contribution in [-0.4, -0.2) is 95.2 Å². The van der Waals surface area contributed by atoms with E-state index in [0.29, 0.717) is 32.4 Å². The molecule has 6 heterocycles. The largest absolute Gasteiger partial charge is 0.504 e. The number of amides is 2. The van der Waals surface area contributed by atoms with Gasteiger partial charge < -0.3 is 29.4 Å². The minimum absolute atomic E-state index is 0.0303. The molecule has 1 unspecified atom stereocenters. The standard InChI is InChI=1S/C38H35F6N9O6/c1-19-32(55)30(46-18-45-19)35(57)51-7-5-37(6-8-51)29-31(20(2)59-37)52(17-28(54)47-27-4-3-22(14-26(27)41)38(42,43)44)36-48-33(49-53(36)34(29)56)23-15-24(39)21(13-25(23)40)16-50-9-11-58-12-10-50/h3-4,13-15,18,20,55H,5-12,16-17H2,1-2H3,(H,47,54). The molecule has 8 rings (SSSR count). The summed E-state index contributed by atoms with van der Waals surface area (Å²) in [6.07, 6.45) is -4.50. The van der Waals surface area contributed by atoms with Crippen molar-refractivity contribution in [2.45, 2.75) is 57.7 Å². The Kier molecular flexibility index (Phi) is 10.2. The van der Waals surface area contributed by atoms with Crippen molar-refractivity contribution in [3.05, 3.63) is 98.2 Å². The highest BCUT2D eigenvalue weighted by Gasteiger charge is 2.51. The van der Waals surface area contributed by atoms with Crippen molar-refractivity contribution < 1.29 is 50.5 Å². The Morgan fingerprint density at radius 3 is 2.42 bits per heavy atom. The van der Waals surface area contributed by atoms with Gasteiger partial charge >= 0.3 is 6.18 Å². The third kappa shape index (κ3) is 7.26. The minimum Gasteiger partial charge on any atom is -0.504 e. The van der Waals surface area contributed by atoms with Crippen LogP contribution in [0.3, 0.4) is 0 Å². The van der Waals surface area contributed by atoms with Crippen LogP contribution < -0.4 is 10.9 Å². The van der Waals surface area contributed by atoms with Gasteiger partial charge in [-0.15, -0.1) is 5.10 Å². The van der Waals surface area contributed by atoms with E-state index < -0.39 is 76.3 Å². The summed E-state index contributed by atoms with van der Waals surface area (Å²) in [6, 6.07) is 3.53. The molecule has 3 aliphatic heterocycles. The fourth-order valence-electron chi connectivity index (χ4n) is 7.87. The zero-order valence-corrected chi connectivity index (χ0v) is 31.4. The second-order valence-corrected chi connectivity index (χ2v) is 14.6. The molecule has 0 aliphatic carbocycles. The third-order valence-electron chi connectivity index (χ3n) is 10.8. The summed E-state index contributed by atoms with van der Waals surface area (Å²) in [5.74, 6) is -5.59. The average Bonchev–Trinajstić information content (AvgIpc) is 3.76. The fourth-order valence-corrected chi connectivity index (χ4v) is 7.87. The Morgan fingerprint density at radius 2 is 1.73 bits per heavy atom. The molecule has 1 spiro atoms. The number of aromatic hydroxyl groups is 1. The molecule has 0 saturated carbocycles. The van der Waals surface area contributed by atoms with Gasteiger partial charge in [-0.1, -0.05) is 0 Å². The molecule has 1 atom stereocenters. The molecule has 3 aliphatic rings. The predicted octanol–water partition coefficient (Wildman–Crippen LogP) is 4.49. The lowest BCUT2D eigenvalue weighted by atomic mass is 9.85. The maximum absolute atomic E-state index is 15.8. The van der Waals surface area contributed by atoms with Gasteiger partial charge in [0.1, 0.15) is 35.9 Å². The van der Waals surface area contributed by atoms with Gasteiger partial charge in [0, 0.05) is 38.3 Å². The molecule has 2 amide bonds. The van der Waals surface area contributed by atoms with Crippen molar-refractivity contribution in [2.24, 2.45) is 0 Å². The predicted molar refractivity (Wildman–Crippen MR) is 193 cm³/mol. The number of ether oxygens (including phenoxy) is 2. The van der Waals surface area contributed by atoms with E-state index in [1.54, 1.807) is 6.92 Å². The van der Waals surface area contributed by atoms with E-state index in [4.69, 9.17) is 9.47 Å². The zero-order valence-electron chi connectivity index (χ0n) is 31.4. The van der Waals surface area contributed by atoms with Crippen LogP contribution in [0.25, 0.3) is 17.2 Å². The number of morpholine rings is 1. The summed E-state index contributed by atoms with van der Waals surface area (Å²) < 4.78 is 99.7. The molecule has 15 nitrogen and oxygen atoms in total. The summed E-state index contributed by atoms with van der Waals surface area (Å²) in [5, 5.41) is 17.0. The number of halogens is 6. The first-order valence-corrected chi connectivity index (χ1v) is 18.5. The number of carbonyl (C=O) groups is 2. The topological polar surface area (TPSA) is 169 Å².